The number of para-hydroxylation sites is 2. The smallest absolute Gasteiger partial charge is 0.196 e. The molecule has 0 radical (unpaired) electrons. The monoisotopic (exact) mass is 368 g/mol. The Morgan fingerprint density at radius 2 is 1.46 bits per heavy atom. The van der Waals surface area contributed by atoms with Gasteiger partial charge in [-0.25, -0.2) is 9.97 Å². The lowest BCUT2D eigenvalue weighted by molar-refractivity contribution is 0.475. The molecule has 1 N–H and O–H groups in total. The molecule has 0 fully saturated rings. The van der Waals surface area contributed by atoms with Gasteiger partial charge in [-0.1, -0.05) is 54.6 Å². The van der Waals surface area contributed by atoms with Gasteiger partial charge in [0.05, 0.1) is 22.8 Å². The van der Waals surface area contributed by atoms with Crippen molar-refractivity contribution in [3.05, 3.63) is 95.7 Å². The molecule has 4 rings (SSSR count). The predicted molar refractivity (Wildman–Crippen MR) is 110 cm³/mol. The van der Waals surface area contributed by atoms with Gasteiger partial charge in [0.15, 0.2) is 5.82 Å². The molecule has 0 spiro atoms. The van der Waals surface area contributed by atoms with Gasteiger partial charge in [-0.15, -0.1) is 5.11 Å². The van der Waals surface area contributed by atoms with Crippen LogP contribution < -0.4 is 0 Å². The van der Waals surface area contributed by atoms with Crippen LogP contribution in [0, 0.1) is 0 Å². The molecule has 0 bridgehead atoms. The van der Waals surface area contributed by atoms with Gasteiger partial charge < -0.3 is 5.11 Å². The Balaban J connectivity index is 1.69. The van der Waals surface area contributed by atoms with Crippen LogP contribution in [0.5, 0.6) is 5.75 Å². The Labute approximate surface area is 163 Å². The fourth-order valence-electron chi connectivity index (χ4n) is 2.98. The van der Waals surface area contributed by atoms with E-state index in [1.165, 1.54) is 0 Å². The van der Waals surface area contributed by atoms with Gasteiger partial charge in [0, 0.05) is 6.42 Å². The lowest BCUT2D eigenvalue weighted by Crippen LogP contribution is -1.97. The number of phenolic OH excluding ortho intramolecular Hbond substituents is 1. The SMILES string of the molecule is CC(N=Nc1nc2ccccc2nc1Cc1ccccc1)c1ccc(O)cc1. The molecule has 0 saturated carbocycles. The molecule has 1 atom stereocenters. The van der Waals surface area contributed by atoms with Crippen molar-refractivity contribution in [2.45, 2.75) is 19.4 Å². The maximum absolute atomic E-state index is 9.45. The van der Waals surface area contributed by atoms with Crippen molar-refractivity contribution in [3.63, 3.8) is 0 Å². The molecule has 0 aliphatic carbocycles. The van der Waals surface area contributed by atoms with Crippen LogP contribution in [0.3, 0.4) is 0 Å². The summed E-state index contributed by atoms with van der Waals surface area (Å²) in [5.74, 6) is 0.770. The van der Waals surface area contributed by atoms with E-state index in [1.54, 1.807) is 12.1 Å². The maximum atomic E-state index is 9.45. The quantitative estimate of drug-likeness (QED) is 0.455. The van der Waals surface area contributed by atoms with E-state index in [0.29, 0.717) is 12.2 Å². The molecule has 3 aromatic carbocycles. The zero-order chi connectivity index (χ0) is 19.3. The van der Waals surface area contributed by atoms with Crippen LogP contribution in [-0.2, 0) is 6.42 Å². The van der Waals surface area contributed by atoms with Gasteiger partial charge in [0.2, 0.25) is 0 Å². The molecule has 138 valence electrons. The number of hydrogen-bond donors (Lipinski definition) is 1. The largest absolute Gasteiger partial charge is 0.508 e. The fraction of sp³-hybridized carbons (Fsp3) is 0.130. The van der Waals surface area contributed by atoms with Crippen molar-refractivity contribution >= 4 is 16.9 Å². The summed E-state index contributed by atoms with van der Waals surface area (Å²) >= 11 is 0. The fourth-order valence-corrected chi connectivity index (χ4v) is 2.98. The average Bonchev–Trinajstić information content (AvgIpc) is 2.73. The first-order valence-electron chi connectivity index (χ1n) is 9.18. The molecular weight excluding hydrogens is 348 g/mol. The first-order chi connectivity index (χ1) is 13.7. The molecule has 5 nitrogen and oxygen atoms in total. The van der Waals surface area contributed by atoms with Crippen molar-refractivity contribution < 1.29 is 5.11 Å². The average molecular weight is 368 g/mol. The van der Waals surface area contributed by atoms with Gasteiger partial charge in [-0.3, -0.25) is 0 Å². The Kier molecular flexibility index (Phi) is 5.06. The summed E-state index contributed by atoms with van der Waals surface area (Å²) < 4.78 is 0. The zero-order valence-corrected chi connectivity index (χ0v) is 15.5. The summed E-state index contributed by atoms with van der Waals surface area (Å²) in [6, 6.07) is 24.8. The summed E-state index contributed by atoms with van der Waals surface area (Å²) in [5, 5.41) is 18.3. The highest BCUT2D eigenvalue weighted by Gasteiger charge is 2.11. The number of nitrogens with zero attached hydrogens (tertiary/aromatic N) is 4. The van der Waals surface area contributed by atoms with E-state index >= 15 is 0 Å². The number of benzene rings is 3. The molecule has 5 heteroatoms. The summed E-state index contributed by atoms with van der Waals surface area (Å²) in [7, 11) is 0. The van der Waals surface area contributed by atoms with Crippen molar-refractivity contribution in [1.82, 2.24) is 9.97 Å². The van der Waals surface area contributed by atoms with Crippen LogP contribution in [0.25, 0.3) is 11.0 Å². The normalized spacial score (nSPS) is 12.5. The number of rotatable bonds is 5. The first-order valence-corrected chi connectivity index (χ1v) is 9.18. The Morgan fingerprint density at radius 3 is 2.18 bits per heavy atom. The number of hydrogen-bond acceptors (Lipinski definition) is 5. The Morgan fingerprint density at radius 1 is 0.821 bits per heavy atom. The van der Waals surface area contributed by atoms with Crippen LogP contribution >= 0.6 is 0 Å². The third-order valence-corrected chi connectivity index (χ3v) is 4.54. The van der Waals surface area contributed by atoms with Gasteiger partial charge in [-0.05, 0) is 42.3 Å². The van der Waals surface area contributed by atoms with E-state index in [1.807, 2.05) is 61.5 Å². The molecule has 1 aromatic heterocycles. The molecule has 0 amide bonds. The molecule has 1 unspecified atom stereocenters. The van der Waals surface area contributed by atoms with Crippen LogP contribution in [0.4, 0.5) is 5.82 Å². The second-order valence-corrected chi connectivity index (χ2v) is 6.63. The van der Waals surface area contributed by atoms with Crippen molar-refractivity contribution in [1.29, 1.82) is 0 Å². The molecule has 4 aromatic rings. The third kappa shape index (κ3) is 4.04. The zero-order valence-electron chi connectivity index (χ0n) is 15.5. The van der Waals surface area contributed by atoms with Gasteiger partial charge in [0.25, 0.3) is 0 Å². The predicted octanol–water partition coefficient (Wildman–Crippen LogP) is 5.77. The highest BCUT2D eigenvalue weighted by atomic mass is 16.3. The highest BCUT2D eigenvalue weighted by Crippen LogP contribution is 2.25. The summed E-state index contributed by atoms with van der Waals surface area (Å²) in [5.41, 5.74) is 4.56. The van der Waals surface area contributed by atoms with Gasteiger partial charge in [-0.2, -0.15) is 5.11 Å². The van der Waals surface area contributed by atoms with Crippen LogP contribution in [0.15, 0.2) is 89.1 Å². The van der Waals surface area contributed by atoms with Gasteiger partial charge >= 0.3 is 0 Å². The first kappa shape index (κ1) is 17.8. The molecule has 28 heavy (non-hydrogen) atoms. The van der Waals surface area contributed by atoms with Crippen molar-refractivity contribution in [3.8, 4) is 5.75 Å². The lowest BCUT2D eigenvalue weighted by Gasteiger charge is -2.08. The van der Waals surface area contributed by atoms with E-state index < -0.39 is 0 Å². The van der Waals surface area contributed by atoms with Crippen LogP contribution in [0.2, 0.25) is 0 Å². The summed E-state index contributed by atoms with van der Waals surface area (Å²) in [6.07, 6.45) is 0.640. The number of phenols is 1. The third-order valence-electron chi connectivity index (χ3n) is 4.54. The standard InChI is InChI=1S/C23H20N4O/c1-16(18-11-13-19(28)14-12-18)26-27-23-22(15-17-7-3-2-4-8-17)24-20-9-5-6-10-21(20)25-23/h2-14,16,28H,15H2,1H3. The maximum Gasteiger partial charge on any atom is 0.196 e. The lowest BCUT2D eigenvalue weighted by atomic mass is 10.1. The number of fused-ring (bicyclic) bond motifs is 1. The second-order valence-electron chi connectivity index (χ2n) is 6.63. The minimum absolute atomic E-state index is 0.154. The number of aromatic hydroxyl groups is 1. The van der Waals surface area contributed by atoms with Crippen LogP contribution in [0.1, 0.15) is 29.8 Å². The molecule has 0 aliphatic heterocycles. The Hall–Kier alpha value is -3.60. The van der Waals surface area contributed by atoms with Crippen LogP contribution in [-0.4, -0.2) is 15.1 Å². The van der Waals surface area contributed by atoms with Crippen molar-refractivity contribution in [2.24, 2.45) is 10.2 Å². The number of azo groups is 1. The van der Waals surface area contributed by atoms with E-state index in [-0.39, 0.29) is 11.8 Å². The minimum atomic E-state index is -0.154. The topological polar surface area (TPSA) is 70.7 Å². The second kappa shape index (κ2) is 7.96. The van der Waals surface area contributed by atoms with E-state index in [4.69, 9.17) is 4.98 Å². The summed E-state index contributed by atoms with van der Waals surface area (Å²) in [4.78, 5) is 9.47. The van der Waals surface area contributed by atoms with Gasteiger partial charge in [0.1, 0.15) is 5.75 Å². The Bertz CT molecular complexity index is 1110. The molecule has 0 saturated heterocycles. The van der Waals surface area contributed by atoms with E-state index in [2.05, 4.69) is 27.3 Å². The summed E-state index contributed by atoms with van der Waals surface area (Å²) in [6.45, 7) is 1.96. The molecule has 1 heterocycles. The van der Waals surface area contributed by atoms with E-state index in [0.717, 1.165) is 27.9 Å². The molecule has 0 aliphatic rings. The van der Waals surface area contributed by atoms with Crippen molar-refractivity contribution in [2.75, 3.05) is 0 Å². The molecular formula is C23H20N4O. The van der Waals surface area contributed by atoms with E-state index in [9.17, 15) is 5.11 Å². The number of aromatic nitrogens is 2. The minimum Gasteiger partial charge on any atom is -0.508 e. The highest BCUT2D eigenvalue weighted by molar-refractivity contribution is 5.75.